The molecule has 2 aromatic rings. The first-order chi connectivity index (χ1) is 7.40. The van der Waals surface area contributed by atoms with Crippen molar-refractivity contribution in [3.8, 4) is 11.4 Å². The second-order valence-corrected chi connectivity index (χ2v) is 3.10. The Morgan fingerprint density at radius 3 is 2.41 bits per heavy atom. The van der Waals surface area contributed by atoms with Gasteiger partial charge in [-0.1, -0.05) is 0 Å². The van der Waals surface area contributed by atoms with Gasteiger partial charge in [-0.3, -0.25) is 0 Å². The van der Waals surface area contributed by atoms with E-state index in [1.54, 1.807) is 12.5 Å². The maximum Gasteiger partial charge on any atom is 0.119 e. The van der Waals surface area contributed by atoms with Crippen LogP contribution in [0, 0.1) is 0 Å². The molecule has 0 aliphatic heterocycles. The highest BCUT2D eigenvalue weighted by Gasteiger charge is 1.96. The Morgan fingerprint density at radius 1 is 1.18 bits per heavy atom. The molecule has 2 N–H and O–H groups in total. The number of hydrogen-bond acceptors (Lipinski definition) is 3. The zero-order chi connectivity index (χ0) is 10.5. The van der Waals surface area contributed by atoms with Gasteiger partial charge in [0.05, 0.1) is 6.33 Å². The molecule has 0 bridgehead atoms. The summed E-state index contributed by atoms with van der Waals surface area (Å²) in [5, 5.41) is 0. The van der Waals surface area contributed by atoms with Crippen molar-refractivity contribution in [1.82, 2.24) is 9.55 Å². The Balaban J connectivity index is 0.00000128. The van der Waals surface area contributed by atoms with Crippen molar-refractivity contribution >= 4 is 24.8 Å². The topological polar surface area (TPSA) is 53.1 Å². The fourth-order valence-electron chi connectivity index (χ4n) is 1.30. The van der Waals surface area contributed by atoms with Crippen LogP contribution in [0.3, 0.4) is 0 Å². The lowest BCUT2D eigenvalue weighted by Gasteiger charge is -2.06. The SMILES string of the molecule is Cl.Cl.NCCOc1ccc(-n2ccnc2)cc1. The third kappa shape index (κ3) is 4.26. The molecule has 0 spiro atoms. The number of benzene rings is 1. The highest BCUT2D eigenvalue weighted by Crippen LogP contribution is 2.14. The number of aromatic nitrogens is 2. The van der Waals surface area contributed by atoms with Crippen LogP contribution in [0.2, 0.25) is 0 Å². The third-order valence-electron chi connectivity index (χ3n) is 2.03. The maximum absolute atomic E-state index is 5.38. The molecule has 94 valence electrons. The number of imidazole rings is 1. The first kappa shape index (κ1) is 15.8. The van der Waals surface area contributed by atoms with E-state index in [4.69, 9.17) is 10.5 Å². The number of hydrogen-bond donors (Lipinski definition) is 1. The van der Waals surface area contributed by atoms with Crippen LogP contribution in [0.5, 0.6) is 5.75 Å². The van der Waals surface area contributed by atoms with Gasteiger partial charge in [0.25, 0.3) is 0 Å². The van der Waals surface area contributed by atoms with Gasteiger partial charge in [-0.05, 0) is 24.3 Å². The van der Waals surface area contributed by atoms with Crippen molar-refractivity contribution in [3.63, 3.8) is 0 Å². The summed E-state index contributed by atoms with van der Waals surface area (Å²) >= 11 is 0. The molecule has 0 atom stereocenters. The van der Waals surface area contributed by atoms with Gasteiger partial charge >= 0.3 is 0 Å². The minimum Gasteiger partial charge on any atom is -0.492 e. The molecule has 0 saturated carbocycles. The summed E-state index contributed by atoms with van der Waals surface area (Å²) < 4.78 is 7.31. The third-order valence-corrected chi connectivity index (χ3v) is 2.03. The van der Waals surface area contributed by atoms with Gasteiger partial charge in [-0.25, -0.2) is 4.98 Å². The number of nitrogens with two attached hydrogens (primary N) is 1. The molecular weight excluding hydrogens is 261 g/mol. The lowest BCUT2D eigenvalue weighted by molar-refractivity contribution is 0.328. The van der Waals surface area contributed by atoms with E-state index in [1.807, 2.05) is 35.0 Å². The molecule has 0 aliphatic rings. The lowest BCUT2D eigenvalue weighted by atomic mass is 10.3. The first-order valence-electron chi connectivity index (χ1n) is 4.81. The Kier molecular flexibility index (Phi) is 7.37. The van der Waals surface area contributed by atoms with Gasteiger partial charge in [-0.15, -0.1) is 24.8 Å². The van der Waals surface area contributed by atoms with Crippen LogP contribution in [0.15, 0.2) is 43.0 Å². The maximum atomic E-state index is 5.38. The Morgan fingerprint density at radius 2 is 1.88 bits per heavy atom. The van der Waals surface area contributed by atoms with E-state index in [9.17, 15) is 0 Å². The van der Waals surface area contributed by atoms with Crippen LogP contribution in [0.25, 0.3) is 5.69 Å². The smallest absolute Gasteiger partial charge is 0.119 e. The number of nitrogens with zero attached hydrogens (tertiary/aromatic N) is 2. The van der Waals surface area contributed by atoms with Gasteiger partial charge < -0.3 is 15.0 Å². The number of rotatable bonds is 4. The number of ether oxygens (including phenoxy) is 1. The summed E-state index contributed by atoms with van der Waals surface area (Å²) in [5.41, 5.74) is 6.41. The van der Waals surface area contributed by atoms with E-state index in [-0.39, 0.29) is 24.8 Å². The van der Waals surface area contributed by atoms with Crippen molar-refractivity contribution in [1.29, 1.82) is 0 Å². The van der Waals surface area contributed by atoms with Crippen LogP contribution in [0.4, 0.5) is 0 Å². The molecule has 4 nitrogen and oxygen atoms in total. The zero-order valence-electron chi connectivity index (χ0n) is 9.15. The second kappa shape index (κ2) is 7.95. The highest BCUT2D eigenvalue weighted by molar-refractivity contribution is 5.85. The van der Waals surface area contributed by atoms with Crippen LogP contribution in [0.1, 0.15) is 0 Å². The van der Waals surface area contributed by atoms with E-state index in [0.717, 1.165) is 11.4 Å². The zero-order valence-corrected chi connectivity index (χ0v) is 10.8. The van der Waals surface area contributed by atoms with Crippen molar-refractivity contribution in [2.75, 3.05) is 13.2 Å². The van der Waals surface area contributed by atoms with Gasteiger partial charge in [0.15, 0.2) is 0 Å². The van der Waals surface area contributed by atoms with Crippen LogP contribution >= 0.6 is 24.8 Å². The molecule has 0 aliphatic carbocycles. The Labute approximate surface area is 113 Å². The standard InChI is InChI=1S/C11H13N3O.2ClH/c12-5-8-15-11-3-1-10(2-4-11)14-7-6-13-9-14;;/h1-4,6-7,9H,5,8,12H2;2*1H. The molecule has 1 aromatic heterocycles. The van der Waals surface area contributed by atoms with Gasteiger partial charge in [-0.2, -0.15) is 0 Å². The molecule has 2 rings (SSSR count). The van der Waals surface area contributed by atoms with Gasteiger partial charge in [0, 0.05) is 24.6 Å². The molecule has 0 radical (unpaired) electrons. The molecule has 1 aromatic carbocycles. The summed E-state index contributed by atoms with van der Waals surface area (Å²) in [6, 6.07) is 7.80. The molecule has 0 fully saturated rings. The van der Waals surface area contributed by atoms with E-state index in [2.05, 4.69) is 4.98 Å². The summed E-state index contributed by atoms with van der Waals surface area (Å²) in [7, 11) is 0. The molecular formula is C11H15Cl2N3O. The minimum atomic E-state index is 0. The monoisotopic (exact) mass is 275 g/mol. The quantitative estimate of drug-likeness (QED) is 0.929. The summed E-state index contributed by atoms with van der Waals surface area (Å²) in [5.74, 6) is 0.837. The average Bonchev–Trinajstić information content (AvgIpc) is 2.80. The first-order valence-corrected chi connectivity index (χ1v) is 4.81. The molecule has 1 heterocycles. The summed E-state index contributed by atoms with van der Waals surface area (Å²) in [4.78, 5) is 3.99. The van der Waals surface area contributed by atoms with Crippen LogP contribution < -0.4 is 10.5 Å². The predicted molar refractivity (Wildman–Crippen MR) is 72.6 cm³/mol. The molecule has 17 heavy (non-hydrogen) atoms. The summed E-state index contributed by atoms with van der Waals surface area (Å²) in [6.45, 7) is 1.08. The molecule has 6 heteroatoms. The Hall–Kier alpha value is -1.23. The molecule has 0 unspecified atom stereocenters. The van der Waals surface area contributed by atoms with E-state index >= 15 is 0 Å². The van der Waals surface area contributed by atoms with Crippen molar-refractivity contribution in [3.05, 3.63) is 43.0 Å². The summed E-state index contributed by atoms with van der Waals surface area (Å²) in [6.07, 6.45) is 5.41. The van der Waals surface area contributed by atoms with E-state index in [0.29, 0.717) is 13.2 Å². The van der Waals surface area contributed by atoms with Gasteiger partial charge in [0.2, 0.25) is 0 Å². The fourth-order valence-corrected chi connectivity index (χ4v) is 1.30. The van der Waals surface area contributed by atoms with E-state index < -0.39 is 0 Å². The lowest BCUT2D eigenvalue weighted by Crippen LogP contribution is -2.10. The fraction of sp³-hybridized carbons (Fsp3) is 0.182. The van der Waals surface area contributed by atoms with Crippen LogP contribution in [-0.4, -0.2) is 22.7 Å². The van der Waals surface area contributed by atoms with Crippen molar-refractivity contribution in [2.45, 2.75) is 0 Å². The van der Waals surface area contributed by atoms with Crippen molar-refractivity contribution in [2.24, 2.45) is 5.73 Å². The molecule has 0 amide bonds. The largest absolute Gasteiger partial charge is 0.492 e. The highest BCUT2D eigenvalue weighted by atomic mass is 35.5. The van der Waals surface area contributed by atoms with Gasteiger partial charge in [0.1, 0.15) is 12.4 Å². The molecule has 0 saturated heterocycles. The normalized spacial score (nSPS) is 9.00. The van der Waals surface area contributed by atoms with E-state index in [1.165, 1.54) is 0 Å². The average molecular weight is 276 g/mol. The van der Waals surface area contributed by atoms with Crippen LogP contribution in [-0.2, 0) is 0 Å². The minimum absolute atomic E-state index is 0. The Bertz CT molecular complexity index is 403. The van der Waals surface area contributed by atoms with Crippen molar-refractivity contribution < 1.29 is 4.74 Å². The predicted octanol–water partition coefficient (Wildman–Crippen LogP) is 2.05. The second-order valence-electron chi connectivity index (χ2n) is 3.10. The number of halogens is 2.